The van der Waals surface area contributed by atoms with Crippen molar-refractivity contribution in [3.8, 4) is 0 Å². The van der Waals surface area contributed by atoms with Crippen LogP contribution in [0.2, 0.25) is 10.0 Å². The normalized spacial score (nSPS) is 10.4. The number of nitrogens with zero attached hydrogens (tertiary/aromatic N) is 2. The van der Waals surface area contributed by atoms with Crippen molar-refractivity contribution in [2.75, 3.05) is 5.32 Å². The summed E-state index contributed by atoms with van der Waals surface area (Å²) in [4.78, 5) is 8.60. The first-order valence-corrected chi connectivity index (χ1v) is 6.89. The molecule has 1 heterocycles. The van der Waals surface area contributed by atoms with Gasteiger partial charge in [0.1, 0.15) is 16.2 Å². The Kier molecular flexibility index (Phi) is 4.43. The molecule has 0 fully saturated rings. The van der Waals surface area contributed by atoms with Crippen LogP contribution in [0.15, 0.2) is 28.9 Å². The number of aryl methyl sites for hydroxylation is 1. The molecule has 1 N–H and O–H groups in total. The second-order valence-electron chi connectivity index (χ2n) is 3.59. The van der Waals surface area contributed by atoms with Crippen LogP contribution in [0, 0.1) is 0 Å². The van der Waals surface area contributed by atoms with Crippen LogP contribution in [-0.4, -0.2) is 9.97 Å². The SMILES string of the molecule is CCc1nc(Br)cc(Nc2cc(Cl)ccc2Cl)n1. The van der Waals surface area contributed by atoms with Gasteiger partial charge in [0, 0.05) is 17.5 Å². The van der Waals surface area contributed by atoms with Crippen LogP contribution in [0.4, 0.5) is 11.5 Å². The molecule has 94 valence electrons. The Balaban J connectivity index is 2.33. The Labute approximate surface area is 124 Å². The van der Waals surface area contributed by atoms with E-state index < -0.39 is 0 Å². The lowest BCUT2D eigenvalue weighted by molar-refractivity contribution is 0.931. The molecular weight excluding hydrogens is 337 g/mol. The molecule has 0 bridgehead atoms. The second kappa shape index (κ2) is 5.87. The van der Waals surface area contributed by atoms with Crippen LogP contribution in [0.3, 0.4) is 0 Å². The zero-order valence-corrected chi connectivity index (χ0v) is 12.6. The Morgan fingerprint density at radius 1 is 1.22 bits per heavy atom. The average Bonchev–Trinajstić information content (AvgIpc) is 2.33. The third-order valence-corrected chi connectivity index (χ3v) is 3.22. The zero-order chi connectivity index (χ0) is 13.1. The third-order valence-electron chi connectivity index (χ3n) is 2.25. The Hall–Kier alpha value is -0.840. The van der Waals surface area contributed by atoms with E-state index in [1.165, 1.54) is 0 Å². The van der Waals surface area contributed by atoms with Gasteiger partial charge in [0.2, 0.25) is 0 Å². The molecule has 0 radical (unpaired) electrons. The first kappa shape index (κ1) is 13.6. The van der Waals surface area contributed by atoms with Crippen LogP contribution in [-0.2, 0) is 6.42 Å². The van der Waals surface area contributed by atoms with E-state index in [2.05, 4.69) is 31.2 Å². The molecule has 0 atom stereocenters. The van der Waals surface area contributed by atoms with E-state index in [-0.39, 0.29) is 0 Å². The Bertz CT molecular complexity index is 575. The summed E-state index contributed by atoms with van der Waals surface area (Å²) in [6, 6.07) is 7.02. The maximum atomic E-state index is 6.08. The largest absolute Gasteiger partial charge is 0.339 e. The molecule has 6 heteroatoms. The minimum Gasteiger partial charge on any atom is -0.339 e. The maximum absolute atomic E-state index is 6.08. The quantitative estimate of drug-likeness (QED) is 0.807. The van der Waals surface area contributed by atoms with Crippen molar-refractivity contribution in [2.24, 2.45) is 0 Å². The van der Waals surface area contributed by atoms with E-state index in [0.29, 0.717) is 15.9 Å². The number of hydrogen-bond acceptors (Lipinski definition) is 3. The monoisotopic (exact) mass is 345 g/mol. The number of nitrogens with one attached hydrogen (secondary N) is 1. The summed E-state index contributed by atoms with van der Waals surface area (Å²) in [5.74, 6) is 1.43. The van der Waals surface area contributed by atoms with Crippen molar-refractivity contribution in [1.29, 1.82) is 0 Å². The van der Waals surface area contributed by atoms with Gasteiger partial charge in [-0.05, 0) is 34.1 Å². The van der Waals surface area contributed by atoms with E-state index in [4.69, 9.17) is 23.2 Å². The van der Waals surface area contributed by atoms with Gasteiger partial charge >= 0.3 is 0 Å². The molecule has 3 nitrogen and oxygen atoms in total. The molecule has 0 unspecified atom stereocenters. The Morgan fingerprint density at radius 3 is 2.72 bits per heavy atom. The van der Waals surface area contributed by atoms with Crippen LogP contribution < -0.4 is 5.32 Å². The number of halogens is 3. The van der Waals surface area contributed by atoms with Gasteiger partial charge < -0.3 is 5.32 Å². The van der Waals surface area contributed by atoms with Crippen LogP contribution in [0.5, 0.6) is 0 Å². The van der Waals surface area contributed by atoms with Crippen LogP contribution in [0.1, 0.15) is 12.7 Å². The van der Waals surface area contributed by atoms with Crippen molar-refractivity contribution < 1.29 is 0 Å². The number of hydrogen-bond donors (Lipinski definition) is 1. The molecule has 0 aliphatic heterocycles. The van der Waals surface area contributed by atoms with Gasteiger partial charge in [0.05, 0.1) is 10.7 Å². The van der Waals surface area contributed by atoms with Crippen molar-refractivity contribution in [3.63, 3.8) is 0 Å². The molecule has 0 saturated carbocycles. The highest BCUT2D eigenvalue weighted by Crippen LogP contribution is 2.28. The fourth-order valence-corrected chi connectivity index (χ4v) is 2.18. The predicted octanol–water partition coefficient (Wildman–Crippen LogP) is 4.85. The summed E-state index contributed by atoms with van der Waals surface area (Å²) in [7, 11) is 0. The Morgan fingerprint density at radius 2 is 2.00 bits per heavy atom. The number of anilines is 2. The highest BCUT2D eigenvalue weighted by molar-refractivity contribution is 9.10. The molecule has 1 aromatic heterocycles. The smallest absolute Gasteiger partial charge is 0.135 e. The topological polar surface area (TPSA) is 37.8 Å². The first-order valence-electron chi connectivity index (χ1n) is 5.34. The van der Waals surface area contributed by atoms with E-state index in [1.54, 1.807) is 24.3 Å². The van der Waals surface area contributed by atoms with E-state index in [0.717, 1.165) is 22.5 Å². The minimum atomic E-state index is 0.590. The van der Waals surface area contributed by atoms with Gasteiger partial charge in [-0.2, -0.15) is 0 Å². The van der Waals surface area contributed by atoms with E-state index in [1.807, 2.05) is 6.92 Å². The summed E-state index contributed by atoms with van der Waals surface area (Å²) in [6.45, 7) is 2.00. The minimum absolute atomic E-state index is 0.590. The van der Waals surface area contributed by atoms with E-state index in [9.17, 15) is 0 Å². The molecule has 0 aliphatic carbocycles. The van der Waals surface area contributed by atoms with Gasteiger partial charge in [-0.3, -0.25) is 0 Å². The predicted molar refractivity (Wildman–Crippen MR) is 78.9 cm³/mol. The van der Waals surface area contributed by atoms with Gasteiger partial charge in [0.25, 0.3) is 0 Å². The molecule has 0 amide bonds. The van der Waals surface area contributed by atoms with Crippen molar-refractivity contribution in [2.45, 2.75) is 13.3 Å². The van der Waals surface area contributed by atoms with Crippen LogP contribution in [0.25, 0.3) is 0 Å². The standard InChI is InChI=1S/C12H10BrCl2N3/c1-2-11-17-10(13)6-12(18-11)16-9-5-7(14)3-4-8(9)15/h3-6H,2H2,1H3,(H,16,17,18). The summed E-state index contributed by atoms with van der Waals surface area (Å²) in [5, 5.41) is 4.34. The lowest BCUT2D eigenvalue weighted by Gasteiger charge is -2.09. The number of benzene rings is 1. The molecule has 0 saturated heterocycles. The van der Waals surface area contributed by atoms with E-state index >= 15 is 0 Å². The van der Waals surface area contributed by atoms with Gasteiger partial charge in [-0.15, -0.1) is 0 Å². The lowest BCUT2D eigenvalue weighted by atomic mass is 10.3. The van der Waals surface area contributed by atoms with Gasteiger partial charge in [-0.1, -0.05) is 30.1 Å². The molecule has 2 rings (SSSR count). The maximum Gasteiger partial charge on any atom is 0.135 e. The first-order chi connectivity index (χ1) is 8.58. The average molecular weight is 347 g/mol. The second-order valence-corrected chi connectivity index (χ2v) is 5.25. The van der Waals surface area contributed by atoms with Crippen LogP contribution >= 0.6 is 39.1 Å². The summed E-state index contributed by atoms with van der Waals surface area (Å²) in [6.07, 6.45) is 0.761. The highest BCUT2D eigenvalue weighted by atomic mass is 79.9. The molecule has 0 spiro atoms. The molecule has 1 aromatic carbocycles. The van der Waals surface area contributed by atoms with Crippen molar-refractivity contribution >= 4 is 50.6 Å². The molecule has 18 heavy (non-hydrogen) atoms. The molecule has 0 aliphatic rings. The summed E-state index contributed by atoms with van der Waals surface area (Å²) in [5.41, 5.74) is 0.719. The fraction of sp³-hybridized carbons (Fsp3) is 0.167. The fourth-order valence-electron chi connectivity index (χ4n) is 1.42. The van der Waals surface area contributed by atoms with Gasteiger partial charge in [-0.25, -0.2) is 9.97 Å². The number of rotatable bonds is 3. The van der Waals surface area contributed by atoms with Crippen molar-refractivity contribution in [3.05, 3.63) is 44.7 Å². The molecular formula is C12H10BrCl2N3. The summed E-state index contributed by atoms with van der Waals surface area (Å²) >= 11 is 15.4. The lowest BCUT2D eigenvalue weighted by Crippen LogP contribution is -2.00. The highest BCUT2D eigenvalue weighted by Gasteiger charge is 2.05. The number of aromatic nitrogens is 2. The zero-order valence-electron chi connectivity index (χ0n) is 9.54. The molecule has 2 aromatic rings. The van der Waals surface area contributed by atoms with Crippen molar-refractivity contribution in [1.82, 2.24) is 9.97 Å². The van der Waals surface area contributed by atoms with Gasteiger partial charge in [0.15, 0.2) is 0 Å². The third kappa shape index (κ3) is 3.34. The summed E-state index contributed by atoms with van der Waals surface area (Å²) < 4.78 is 0.731.